The molecule has 0 spiro atoms. The normalized spacial score (nSPS) is 32.5. The highest BCUT2D eigenvalue weighted by Crippen LogP contribution is 2.68. The van der Waals surface area contributed by atoms with E-state index in [0.717, 1.165) is 74.0 Å². The minimum absolute atomic E-state index is 0.00485. The quantitative estimate of drug-likeness (QED) is 0.0656. The van der Waals surface area contributed by atoms with Crippen LogP contribution in [-0.2, 0) is 23.7 Å². The third kappa shape index (κ3) is 9.68. The van der Waals surface area contributed by atoms with Crippen molar-refractivity contribution < 1.29 is 26.9 Å². The molecule has 0 aromatic heterocycles. The van der Waals surface area contributed by atoms with Crippen LogP contribution in [0.2, 0.25) is 0 Å². The Bertz CT molecular complexity index is 1630. The Morgan fingerprint density at radius 2 is 1.69 bits per heavy atom. The van der Waals surface area contributed by atoms with Crippen molar-refractivity contribution in [2.45, 2.75) is 124 Å². The lowest BCUT2D eigenvalue weighted by molar-refractivity contribution is -0.0601. The van der Waals surface area contributed by atoms with Crippen molar-refractivity contribution in [3.8, 4) is 0 Å². The molecule has 55 heavy (non-hydrogen) atoms. The Morgan fingerprint density at radius 1 is 0.982 bits per heavy atom. The van der Waals surface area contributed by atoms with Crippen molar-refractivity contribution in [3.05, 3.63) is 47.0 Å². The molecule has 0 amide bonds. The Balaban J connectivity index is 1.37. The van der Waals surface area contributed by atoms with E-state index in [1.54, 1.807) is 6.92 Å². The summed E-state index contributed by atoms with van der Waals surface area (Å²) in [5.41, 5.74) is 10.6. The van der Waals surface area contributed by atoms with Crippen LogP contribution in [0.15, 0.2) is 49.8 Å². The number of allylic oxidation sites excluding steroid dienone is 1. The van der Waals surface area contributed by atoms with E-state index in [1.165, 1.54) is 56.6 Å². The summed E-state index contributed by atoms with van der Waals surface area (Å²) in [7, 11) is -4.43. The zero-order valence-electron chi connectivity index (χ0n) is 33.8. The fourth-order valence-corrected chi connectivity index (χ4v) is 12.8. The summed E-state index contributed by atoms with van der Waals surface area (Å²) in [6.45, 7) is 13.3. The number of halogens is 2. The minimum atomic E-state index is -4.43. The summed E-state index contributed by atoms with van der Waals surface area (Å²) in [6, 6.07) is 3.03. The number of hydrogen-bond acceptors (Lipinski definition) is 6. The molecule has 9 unspecified atom stereocenters. The first-order chi connectivity index (χ1) is 26.2. The van der Waals surface area contributed by atoms with E-state index in [1.807, 2.05) is 0 Å². The molecule has 10 nitrogen and oxygen atoms in total. The van der Waals surface area contributed by atoms with Gasteiger partial charge in [-0.25, -0.2) is 23.3 Å². The van der Waals surface area contributed by atoms with Crippen molar-refractivity contribution in [3.63, 3.8) is 0 Å². The van der Waals surface area contributed by atoms with Gasteiger partial charge in [0.2, 0.25) is 0 Å². The summed E-state index contributed by atoms with van der Waals surface area (Å²) in [5, 5.41) is 0. The molecule has 1 aromatic carbocycles. The van der Waals surface area contributed by atoms with Crippen LogP contribution in [-0.4, -0.2) is 51.2 Å². The molecule has 4 aliphatic carbocycles. The van der Waals surface area contributed by atoms with Gasteiger partial charge in [0.05, 0.1) is 38.5 Å². The van der Waals surface area contributed by atoms with E-state index in [2.05, 4.69) is 60.7 Å². The number of rotatable bonds is 18. The molecular formula is C42H65F2N6O4P. The average Bonchev–Trinajstić information content (AvgIpc) is 3.49. The van der Waals surface area contributed by atoms with Gasteiger partial charge in [-0.15, -0.1) is 0 Å². The predicted octanol–water partition coefficient (Wildman–Crippen LogP) is 9.78. The summed E-state index contributed by atoms with van der Waals surface area (Å²) < 4.78 is 63.1. The first-order valence-corrected chi connectivity index (χ1v) is 21.9. The van der Waals surface area contributed by atoms with Gasteiger partial charge in [-0.2, -0.15) is 0 Å². The van der Waals surface area contributed by atoms with Gasteiger partial charge in [-0.3, -0.25) is 23.6 Å². The van der Waals surface area contributed by atoms with Crippen molar-refractivity contribution in [1.82, 2.24) is 0 Å². The van der Waals surface area contributed by atoms with Crippen LogP contribution in [0, 0.1) is 58.0 Å². The lowest BCUT2D eigenvalue weighted by atomic mass is 9.47. The van der Waals surface area contributed by atoms with Gasteiger partial charge >= 0.3 is 7.82 Å². The maximum atomic E-state index is 15.6. The molecule has 9 atom stereocenters. The molecule has 3 saturated carbocycles. The number of benzene rings is 1. The van der Waals surface area contributed by atoms with Crippen LogP contribution in [0.3, 0.4) is 0 Å². The Labute approximate surface area is 327 Å². The molecule has 13 heteroatoms. The van der Waals surface area contributed by atoms with Crippen molar-refractivity contribution in [2.75, 3.05) is 19.7 Å². The van der Waals surface area contributed by atoms with E-state index >= 15 is 4.39 Å². The van der Waals surface area contributed by atoms with Gasteiger partial charge in [-0.1, -0.05) is 71.6 Å². The van der Waals surface area contributed by atoms with E-state index in [-0.39, 0.29) is 30.7 Å². The molecule has 3 fully saturated rings. The molecule has 0 saturated heterocycles. The Hall–Kier alpha value is -2.79. The van der Waals surface area contributed by atoms with Crippen LogP contribution in [0.5, 0.6) is 0 Å². The van der Waals surface area contributed by atoms with Crippen molar-refractivity contribution in [2.24, 2.45) is 77.8 Å². The van der Waals surface area contributed by atoms with Crippen LogP contribution in [0.1, 0.15) is 118 Å². The molecule has 0 aliphatic heterocycles. The monoisotopic (exact) mass is 786 g/mol. The Kier molecular flexibility index (Phi) is 14.7. The molecule has 5 rings (SSSR count). The number of nitrogens with two attached hydrogens (primary N) is 2. The lowest BCUT2D eigenvalue weighted by Crippen LogP contribution is -2.51. The maximum Gasteiger partial charge on any atom is 0.476 e. The smallest absolute Gasteiger partial charge is 0.390 e. The van der Waals surface area contributed by atoms with E-state index < -0.39 is 31.2 Å². The predicted molar refractivity (Wildman–Crippen MR) is 218 cm³/mol. The van der Waals surface area contributed by atoms with Gasteiger partial charge < -0.3 is 11.5 Å². The zero-order valence-corrected chi connectivity index (χ0v) is 34.7. The number of fused-ring (bicyclic) bond motifs is 5. The fourth-order valence-electron chi connectivity index (χ4n) is 11.1. The van der Waals surface area contributed by atoms with Gasteiger partial charge in [0, 0.05) is 11.6 Å². The molecule has 1 aromatic rings. The second-order valence-electron chi connectivity index (χ2n) is 17.3. The molecule has 4 N–H and O–H groups in total. The third-order valence-electron chi connectivity index (χ3n) is 13.7. The van der Waals surface area contributed by atoms with Gasteiger partial charge in [0.15, 0.2) is 0 Å². The highest BCUT2D eigenvalue weighted by atomic mass is 31.2. The van der Waals surface area contributed by atoms with Crippen LogP contribution < -0.4 is 11.5 Å². The highest BCUT2D eigenvalue weighted by Gasteiger charge is 2.59. The molecule has 0 heterocycles. The topological polar surface area (TPSA) is 146 Å². The molecule has 0 bridgehead atoms. The van der Waals surface area contributed by atoms with Gasteiger partial charge in [0.1, 0.15) is 29.9 Å². The fraction of sp³-hybridized carbons (Fsp3) is 0.714. The number of phosphoric acid groups is 1. The minimum Gasteiger partial charge on any atom is -0.390 e. The lowest BCUT2D eigenvalue weighted by Gasteiger charge is -2.58. The highest BCUT2D eigenvalue weighted by molar-refractivity contribution is 7.48. The Morgan fingerprint density at radius 3 is 2.33 bits per heavy atom. The largest absolute Gasteiger partial charge is 0.476 e. The SMILES string of the molecule is CCOP(=O)(OC1CCC2(C)C(=CCC3C2CCC2(C)C(C(C)CCCC(C)C)CCC32)C1)OC(CN=CN=CN)(CN=CN=CN)c1ccc(F)cc1F. The molecule has 4 aliphatic rings. The van der Waals surface area contributed by atoms with Crippen LogP contribution in [0.4, 0.5) is 8.78 Å². The van der Waals surface area contributed by atoms with Crippen LogP contribution in [0.25, 0.3) is 0 Å². The van der Waals surface area contributed by atoms with Crippen molar-refractivity contribution in [1.29, 1.82) is 0 Å². The first kappa shape index (κ1) is 43.3. The van der Waals surface area contributed by atoms with E-state index in [9.17, 15) is 8.96 Å². The maximum absolute atomic E-state index is 15.6. The number of nitrogens with zero attached hydrogens (tertiary/aromatic N) is 4. The van der Waals surface area contributed by atoms with Crippen LogP contribution >= 0.6 is 7.82 Å². The number of hydrogen-bond donors (Lipinski definition) is 2. The third-order valence-corrected chi connectivity index (χ3v) is 15.4. The zero-order chi connectivity index (χ0) is 39.9. The summed E-state index contributed by atoms with van der Waals surface area (Å²) in [4.78, 5) is 16.1. The summed E-state index contributed by atoms with van der Waals surface area (Å²) in [6.07, 6.45) is 18.8. The second kappa shape index (κ2) is 18.6. The van der Waals surface area contributed by atoms with Gasteiger partial charge in [-0.05, 0) is 111 Å². The van der Waals surface area contributed by atoms with Gasteiger partial charge in [0.25, 0.3) is 0 Å². The molecular weight excluding hydrogens is 721 g/mol. The van der Waals surface area contributed by atoms with Crippen molar-refractivity contribution >= 4 is 33.2 Å². The molecule has 306 valence electrons. The summed E-state index contributed by atoms with van der Waals surface area (Å²) in [5.74, 6) is 2.63. The second-order valence-corrected chi connectivity index (χ2v) is 18.9. The average molecular weight is 787 g/mol. The van der Waals surface area contributed by atoms with E-state index in [0.29, 0.717) is 30.1 Å². The number of phosphoric ester groups is 1. The number of aliphatic imine (C=N–C) groups is 4. The molecule has 0 radical (unpaired) electrons. The standard InChI is InChI=1S/C42H65F2N6O4P/c1-7-52-55(51,54-42(23-47-27-49-25-45,24-48-28-50-26-46)38-14-12-32(43)22-39(38)44)53-33-17-19-40(5)31(21-33)11-13-34-36-16-15-35(30(4)10-8-9-29(2)3)41(36,6)20-18-37(34)40/h11-12,14,22,25-30,33-37H,7-10,13,15-21,23-24H2,1-6H3,(H2,45,47,49)(H2,46,48,50). The first-order valence-electron chi connectivity index (χ1n) is 20.5. The summed E-state index contributed by atoms with van der Waals surface area (Å²) >= 11 is 0. The van der Waals surface area contributed by atoms with E-state index in [4.69, 9.17) is 25.0 Å².